The Morgan fingerprint density at radius 2 is 1.58 bits per heavy atom. The van der Waals surface area contributed by atoms with E-state index in [-0.39, 0.29) is 22.9 Å². The Morgan fingerprint density at radius 3 is 2.19 bits per heavy atom. The van der Waals surface area contributed by atoms with Crippen molar-refractivity contribution in [2.45, 2.75) is 38.7 Å². The number of rotatable bonds is 7. The number of anilines is 2. The molecule has 0 saturated heterocycles. The van der Waals surface area contributed by atoms with E-state index in [1.165, 1.54) is 24.3 Å². The molecule has 2 aromatic carbocycles. The van der Waals surface area contributed by atoms with E-state index < -0.39 is 10.0 Å². The van der Waals surface area contributed by atoms with E-state index in [1.807, 2.05) is 13.8 Å². The van der Waals surface area contributed by atoms with Gasteiger partial charge in [-0.2, -0.15) is 0 Å². The van der Waals surface area contributed by atoms with Crippen molar-refractivity contribution < 1.29 is 17.9 Å². The molecule has 1 heterocycles. The molecule has 0 bridgehead atoms. The Labute approximate surface area is 181 Å². The smallest absolute Gasteiger partial charge is 0.264 e. The monoisotopic (exact) mass is 440 g/mol. The first-order valence-electron chi connectivity index (χ1n) is 9.66. The fraction of sp³-hybridized carbons (Fsp3) is 0.227. The van der Waals surface area contributed by atoms with Gasteiger partial charge in [0, 0.05) is 17.1 Å². The molecule has 8 nitrogen and oxygen atoms in total. The van der Waals surface area contributed by atoms with Gasteiger partial charge >= 0.3 is 0 Å². The number of para-hydroxylation sites is 1. The minimum absolute atomic E-state index is 0.0108. The molecule has 0 spiro atoms. The van der Waals surface area contributed by atoms with Gasteiger partial charge in [-0.15, -0.1) is 0 Å². The van der Waals surface area contributed by atoms with Crippen LogP contribution in [0.2, 0.25) is 0 Å². The maximum atomic E-state index is 12.7. The SMILES string of the molecule is Cc1cc(C)nc(NS(=O)(=O)c2ccc(NC(=O)c3ccccc3OC(C)C)cc2)n1. The van der Waals surface area contributed by atoms with Gasteiger partial charge in [-0.3, -0.25) is 4.79 Å². The summed E-state index contributed by atoms with van der Waals surface area (Å²) < 4.78 is 33.3. The Hall–Kier alpha value is -3.46. The maximum Gasteiger partial charge on any atom is 0.264 e. The van der Waals surface area contributed by atoms with Crippen molar-refractivity contribution in [1.29, 1.82) is 0 Å². The van der Waals surface area contributed by atoms with E-state index in [9.17, 15) is 13.2 Å². The molecule has 0 aliphatic carbocycles. The van der Waals surface area contributed by atoms with Crippen LogP contribution in [0.4, 0.5) is 11.6 Å². The van der Waals surface area contributed by atoms with Gasteiger partial charge in [0.05, 0.1) is 16.6 Å². The highest BCUT2D eigenvalue weighted by molar-refractivity contribution is 7.92. The van der Waals surface area contributed by atoms with Crippen LogP contribution in [0.25, 0.3) is 0 Å². The minimum atomic E-state index is -3.87. The summed E-state index contributed by atoms with van der Waals surface area (Å²) in [5, 5.41) is 2.76. The van der Waals surface area contributed by atoms with Crippen molar-refractivity contribution in [3.63, 3.8) is 0 Å². The molecule has 9 heteroatoms. The number of hydrogen-bond acceptors (Lipinski definition) is 6. The number of benzene rings is 2. The predicted octanol–water partition coefficient (Wildman–Crippen LogP) is 3.93. The molecular weight excluding hydrogens is 416 g/mol. The highest BCUT2D eigenvalue weighted by Gasteiger charge is 2.17. The van der Waals surface area contributed by atoms with Crippen LogP contribution in [0.15, 0.2) is 59.5 Å². The number of amides is 1. The van der Waals surface area contributed by atoms with Crippen LogP contribution < -0.4 is 14.8 Å². The van der Waals surface area contributed by atoms with Crippen LogP contribution in [0.3, 0.4) is 0 Å². The molecule has 0 aliphatic heterocycles. The molecule has 0 saturated carbocycles. The molecule has 2 N–H and O–H groups in total. The summed E-state index contributed by atoms with van der Waals surface area (Å²) in [6, 6.07) is 14.5. The molecule has 1 amide bonds. The fourth-order valence-corrected chi connectivity index (χ4v) is 3.82. The third-order valence-electron chi connectivity index (χ3n) is 4.12. The zero-order chi connectivity index (χ0) is 22.6. The summed E-state index contributed by atoms with van der Waals surface area (Å²) in [6.45, 7) is 7.28. The Balaban J connectivity index is 1.75. The van der Waals surface area contributed by atoms with Crippen LogP contribution >= 0.6 is 0 Å². The molecule has 0 atom stereocenters. The number of hydrogen-bond donors (Lipinski definition) is 2. The first-order chi connectivity index (χ1) is 14.6. The number of nitrogens with zero attached hydrogens (tertiary/aromatic N) is 2. The van der Waals surface area contributed by atoms with Gasteiger partial charge in [-0.25, -0.2) is 23.1 Å². The van der Waals surface area contributed by atoms with Gasteiger partial charge in [0.2, 0.25) is 5.95 Å². The Morgan fingerprint density at radius 1 is 0.968 bits per heavy atom. The van der Waals surface area contributed by atoms with Gasteiger partial charge in [0.25, 0.3) is 15.9 Å². The lowest BCUT2D eigenvalue weighted by atomic mass is 10.1. The van der Waals surface area contributed by atoms with Gasteiger partial charge < -0.3 is 10.1 Å². The Kier molecular flexibility index (Phi) is 6.55. The van der Waals surface area contributed by atoms with Crippen molar-refractivity contribution in [1.82, 2.24) is 9.97 Å². The van der Waals surface area contributed by atoms with E-state index in [1.54, 1.807) is 44.2 Å². The number of aromatic nitrogens is 2. The number of sulfonamides is 1. The lowest BCUT2D eigenvalue weighted by Crippen LogP contribution is -2.17. The summed E-state index contributed by atoms with van der Waals surface area (Å²) in [5.74, 6) is 0.136. The van der Waals surface area contributed by atoms with Crippen molar-refractivity contribution in [2.24, 2.45) is 0 Å². The summed E-state index contributed by atoms with van der Waals surface area (Å²) >= 11 is 0. The number of carbonyl (C=O) groups excluding carboxylic acids is 1. The van der Waals surface area contributed by atoms with Gasteiger partial charge in [0.15, 0.2) is 0 Å². The van der Waals surface area contributed by atoms with Crippen molar-refractivity contribution in [3.05, 3.63) is 71.5 Å². The number of ether oxygens (including phenoxy) is 1. The molecule has 1 aromatic heterocycles. The van der Waals surface area contributed by atoms with Crippen molar-refractivity contribution in [3.8, 4) is 5.75 Å². The largest absolute Gasteiger partial charge is 0.490 e. The topological polar surface area (TPSA) is 110 Å². The second kappa shape index (κ2) is 9.13. The molecule has 162 valence electrons. The molecule has 0 fully saturated rings. The fourth-order valence-electron chi connectivity index (χ4n) is 2.88. The molecule has 3 aromatic rings. The zero-order valence-corrected chi connectivity index (χ0v) is 18.5. The predicted molar refractivity (Wildman–Crippen MR) is 119 cm³/mol. The maximum absolute atomic E-state index is 12.7. The van der Waals surface area contributed by atoms with Gasteiger partial charge in [0.1, 0.15) is 5.75 Å². The standard InChI is InChI=1S/C22H24N4O4S/c1-14(2)30-20-8-6-5-7-19(20)21(27)25-17-9-11-18(12-10-17)31(28,29)26-22-23-15(3)13-16(4)24-22/h5-14H,1-4H3,(H,25,27)(H,23,24,26). The zero-order valence-electron chi connectivity index (χ0n) is 17.7. The van der Waals surface area contributed by atoms with Crippen molar-refractivity contribution in [2.75, 3.05) is 10.0 Å². The van der Waals surface area contributed by atoms with Crippen LogP contribution in [0.1, 0.15) is 35.6 Å². The number of carbonyl (C=O) groups is 1. The quantitative estimate of drug-likeness (QED) is 0.576. The summed E-state index contributed by atoms with van der Waals surface area (Å²) in [4.78, 5) is 20.9. The second-order valence-electron chi connectivity index (χ2n) is 7.22. The third-order valence-corrected chi connectivity index (χ3v) is 5.47. The summed E-state index contributed by atoms with van der Waals surface area (Å²) in [5.41, 5.74) is 2.16. The summed E-state index contributed by atoms with van der Waals surface area (Å²) in [7, 11) is -3.87. The lowest BCUT2D eigenvalue weighted by molar-refractivity contribution is 0.102. The molecule has 31 heavy (non-hydrogen) atoms. The normalized spacial score (nSPS) is 11.3. The van der Waals surface area contributed by atoms with E-state index in [0.29, 0.717) is 28.4 Å². The van der Waals surface area contributed by atoms with Crippen LogP contribution in [0.5, 0.6) is 5.75 Å². The van der Waals surface area contributed by atoms with E-state index in [2.05, 4.69) is 20.0 Å². The van der Waals surface area contributed by atoms with E-state index in [0.717, 1.165) is 0 Å². The molecule has 0 radical (unpaired) electrons. The van der Waals surface area contributed by atoms with Gasteiger partial charge in [-0.05, 0) is 70.2 Å². The van der Waals surface area contributed by atoms with Crippen LogP contribution in [-0.2, 0) is 10.0 Å². The van der Waals surface area contributed by atoms with E-state index >= 15 is 0 Å². The van der Waals surface area contributed by atoms with Crippen LogP contribution in [0, 0.1) is 13.8 Å². The minimum Gasteiger partial charge on any atom is -0.490 e. The molecule has 3 rings (SSSR count). The van der Waals surface area contributed by atoms with E-state index in [4.69, 9.17) is 4.74 Å². The Bertz CT molecular complexity index is 1170. The average Bonchev–Trinajstić information content (AvgIpc) is 2.67. The highest BCUT2D eigenvalue weighted by atomic mass is 32.2. The molecule has 0 unspecified atom stereocenters. The van der Waals surface area contributed by atoms with Gasteiger partial charge in [-0.1, -0.05) is 12.1 Å². The molecular formula is C22H24N4O4S. The van der Waals surface area contributed by atoms with Crippen molar-refractivity contribution >= 4 is 27.6 Å². The first-order valence-corrected chi connectivity index (χ1v) is 11.1. The highest BCUT2D eigenvalue weighted by Crippen LogP contribution is 2.22. The number of nitrogens with one attached hydrogen (secondary N) is 2. The average molecular weight is 441 g/mol. The first kappa shape index (κ1) is 22.2. The number of aryl methyl sites for hydroxylation is 2. The second-order valence-corrected chi connectivity index (χ2v) is 8.90. The third kappa shape index (κ3) is 5.79. The van der Waals surface area contributed by atoms with Crippen LogP contribution in [-0.4, -0.2) is 30.4 Å². The lowest BCUT2D eigenvalue weighted by Gasteiger charge is -2.14. The summed E-state index contributed by atoms with van der Waals surface area (Å²) in [6.07, 6.45) is -0.0768. The molecule has 0 aliphatic rings.